The van der Waals surface area contributed by atoms with Gasteiger partial charge in [-0.3, -0.25) is 19.7 Å². The Kier molecular flexibility index (Phi) is 4.02. The maximum absolute atomic E-state index is 12.9. The highest BCUT2D eigenvalue weighted by Gasteiger charge is 2.59. The number of nitrogens with zero attached hydrogens (tertiary/aromatic N) is 2. The molecule has 0 N–H and O–H groups in total. The Hall–Kier alpha value is -3.81. The monoisotopic (exact) mass is 404 g/mol. The van der Waals surface area contributed by atoms with Gasteiger partial charge >= 0.3 is 5.97 Å². The van der Waals surface area contributed by atoms with Crippen molar-refractivity contribution < 1.29 is 24.0 Å². The van der Waals surface area contributed by atoms with Gasteiger partial charge in [0, 0.05) is 12.1 Å². The van der Waals surface area contributed by atoms with E-state index in [0.29, 0.717) is 5.69 Å². The molecule has 30 heavy (non-hydrogen) atoms. The van der Waals surface area contributed by atoms with Crippen LogP contribution in [0, 0.1) is 33.8 Å². The Bertz CT molecular complexity index is 1090. The van der Waals surface area contributed by atoms with Crippen LogP contribution < -0.4 is 9.64 Å². The summed E-state index contributed by atoms with van der Waals surface area (Å²) in [6.45, 7) is 0. The molecule has 1 saturated heterocycles. The molecule has 1 heterocycles. The minimum atomic E-state index is -0.688. The van der Waals surface area contributed by atoms with Crippen LogP contribution in [0.5, 0.6) is 5.75 Å². The molecule has 1 saturated carbocycles. The van der Waals surface area contributed by atoms with Crippen LogP contribution in [-0.2, 0) is 9.59 Å². The van der Waals surface area contributed by atoms with Crippen LogP contribution in [0.1, 0.15) is 16.8 Å². The molecular weight excluding hydrogens is 388 g/mol. The average Bonchev–Trinajstić information content (AvgIpc) is 3.42. The molecule has 2 aromatic carbocycles. The topological polar surface area (TPSA) is 107 Å². The van der Waals surface area contributed by atoms with Crippen molar-refractivity contribution in [3.8, 4) is 5.75 Å². The summed E-state index contributed by atoms with van der Waals surface area (Å²) in [5.74, 6) is -1.39. The molecule has 2 amide bonds. The van der Waals surface area contributed by atoms with Crippen LogP contribution in [0.15, 0.2) is 60.7 Å². The predicted octanol–water partition coefficient (Wildman–Crippen LogP) is 3.13. The molecule has 2 bridgehead atoms. The Morgan fingerprint density at radius 1 is 1.00 bits per heavy atom. The summed E-state index contributed by atoms with van der Waals surface area (Å²) >= 11 is 0. The molecule has 1 aliphatic heterocycles. The van der Waals surface area contributed by atoms with E-state index in [4.69, 9.17) is 4.74 Å². The van der Waals surface area contributed by atoms with Gasteiger partial charge in [0.15, 0.2) is 0 Å². The molecule has 8 nitrogen and oxygen atoms in total. The summed E-state index contributed by atoms with van der Waals surface area (Å²) in [5, 5.41) is 10.7. The van der Waals surface area contributed by atoms with Gasteiger partial charge in [0.05, 0.1) is 28.0 Å². The Balaban J connectivity index is 1.37. The number of fused-ring (bicyclic) bond motifs is 5. The highest BCUT2D eigenvalue weighted by atomic mass is 16.6. The fourth-order valence-electron chi connectivity index (χ4n) is 4.73. The highest BCUT2D eigenvalue weighted by Crippen LogP contribution is 2.53. The van der Waals surface area contributed by atoms with E-state index in [1.807, 2.05) is 12.2 Å². The Morgan fingerprint density at radius 3 is 2.23 bits per heavy atom. The molecule has 150 valence electrons. The standard InChI is InChI=1S/C22H16N2O6/c25-20-18-12-4-5-13(10-12)19(18)21(26)23(20)16-3-1-2-14(11-16)22(27)30-17-8-6-15(7-9-17)24(28)29/h1-9,11-13,18-19H,10H2/t12-,13-,18-,19-/m0/s1. The molecule has 2 aliphatic carbocycles. The van der Waals surface area contributed by atoms with Crippen LogP contribution in [0.4, 0.5) is 11.4 Å². The number of hydrogen-bond donors (Lipinski definition) is 0. The normalized spacial score (nSPS) is 26.2. The number of esters is 1. The summed E-state index contributed by atoms with van der Waals surface area (Å²) in [4.78, 5) is 49.8. The van der Waals surface area contributed by atoms with Crippen molar-refractivity contribution in [1.29, 1.82) is 0 Å². The predicted molar refractivity (Wildman–Crippen MR) is 105 cm³/mol. The van der Waals surface area contributed by atoms with Gasteiger partial charge in [-0.05, 0) is 48.6 Å². The van der Waals surface area contributed by atoms with E-state index in [9.17, 15) is 24.5 Å². The Morgan fingerprint density at radius 2 is 1.63 bits per heavy atom. The van der Waals surface area contributed by atoms with Crippen molar-refractivity contribution >= 4 is 29.2 Å². The first kappa shape index (κ1) is 18.2. The van der Waals surface area contributed by atoms with Crippen LogP contribution in [0.25, 0.3) is 0 Å². The first-order chi connectivity index (χ1) is 14.4. The smallest absolute Gasteiger partial charge is 0.343 e. The number of ether oxygens (including phenoxy) is 1. The number of amides is 2. The molecule has 2 aromatic rings. The van der Waals surface area contributed by atoms with Crippen LogP contribution in [0.3, 0.4) is 0 Å². The lowest BCUT2D eigenvalue weighted by atomic mass is 9.85. The molecule has 2 fully saturated rings. The van der Waals surface area contributed by atoms with Gasteiger partial charge in [0.2, 0.25) is 11.8 Å². The minimum absolute atomic E-state index is 0.108. The highest BCUT2D eigenvalue weighted by molar-refractivity contribution is 6.23. The van der Waals surface area contributed by atoms with Crippen molar-refractivity contribution in [3.63, 3.8) is 0 Å². The van der Waals surface area contributed by atoms with Gasteiger partial charge in [-0.1, -0.05) is 18.2 Å². The number of rotatable bonds is 4. The minimum Gasteiger partial charge on any atom is -0.423 e. The van der Waals surface area contributed by atoms with Crippen LogP contribution >= 0.6 is 0 Å². The summed E-state index contributed by atoms with van der Waals surface area (Å²) in [5.41, 5.74) is 0.401. The van der Waals surface area contributed by atoms with E-state index in [1.54, 1.807) is 12.1 Å². The van der Waals surface area contributed by atoms with Gasteiger partial charge in [-0.15, -0.1) is 0 Å². The van der Waals surface area contributed by atoms with Gasteiger partial charge in [0.1, 0.15) is 5.75 Å². The zero-order valence-electron chi connectivity index (χ0n) is 15.6. The van der Waals surface area contributed by atoms with Crippen molar-refractivity contribution in [2.75, 3.05) is 4.90 Å². The zero-order chi connectivity index (χ0) is 21.0. The lowest BCUT2D eigenvalue weighted by Crippen LogP contribution is -2.33. The lowest BCUT2D eigenvalue weighted by Gasteiger charge is -2.18. The number of carbonyl (C=O) groups excluding carboxylic acids is 3. The molecular formula is C22H16N2O6. The van der Waals surface area contributed by atoms with E-state index in [0.717, 1.165) is 6.42 Å². The molecule has 3 aliphatic rings. The van der Waals surface area contributed by atoms with E-state index in [2.05, 4.69) is 0 Å². The average molecular weight is 404 g/mol. The number of allylic oxidation sites excluding steroid dienone is 2. The number of anilines is 1. The number of carbonyl (C=O) groups is 3. The largest absolute Gasteiger partial charge is 0.423 e. The SMILES string of the molecule is O=C(Oc1ccc([N+](=O)[O-])cc1)c1cccc(N2C(=O)[C@@H]3[C@@H](C2=O)[C@H]2C=C[C@H]3C2)c1. The summed E-state index contributed by atoms with van der Waals surface area (Å²) in [7, 11) is 0. The molecule has 0 unspecified atom stereocenters. The third-order valence-electron chi connectivity index (χ3n) is 6.07. The van der Waals surface area contributed by atoms with Gasteiger partial charge in [-0.25, -0.2) is 9.69 Å². The first-order valence-electron chi connectivity index (χ1n) is 9.57. The molecule has 0 aromatic heterocycles. The number of non-ortho nitro benzene ring substituents is 1. The fraction of sp³-hybridized carbons (Fsp3) is 0.227. The van der Waals surface area contributed by atoms with Gasteiger partial charge in [0.25, 0.3) is 5.69 Å². The number of hydrogen-bond acceptors (Lipinski definition) is 6. The summed E-state index contributed by atoms with van der Waals surface area (Å²) in [6, 6.07) is 11.3. The van der Waals surface area contributed by atoms with Gasteiger partial charge in [-0.2, -0.15) is 0 Å². The molecule has 8 heteroatoms. The lowest BCUT2D eigenvalue weighted by molar-refractivity contribution is -0.384. The third kappa shape index (κ3) is 2.72. The number of imide groups is 1. The maximum Gasteiger partial charge on any atom is 0.343 e. The molecule has 0 spiro atoms. The van der Waals surface area contributed by atoms with E-state index < -0.39 is 10.9 Å². The summed E-state index contributed by atoms with van der Waals surface area (Å²) < 4.78 is 5.27. The number of nitro groups is 1. The fourth-order valence-corrected chi connectivity index (χ4v) is 4.73. The first-order valence-corrected chi connectivity index (χ1v) is 9.57. The van der Waals surface area contributed by atoms with Crippen molar-refractivity contribution in [2.45, 2.75) is 6.42 Å². The summed E-state index contributed by atoms with van der Waals surface area (Å²) in [6.07, 6.45) is 4.90. The number of nitro benzene ring substituents is 1. The Labute approximate surface area is 170 Å². The quantitative estimate of drug-likeness (QED) is 0.194. The maximum atomic E-state index is 12.9. The van der Waals surface area contributed by atoms with Crippen molar-refractivity contribution in [2.24, 2.45) is 23.7 Å². The third-order valence-corrected chi connectivity index (χ3v) is 6.07. The second-order valence-electron chi connectivity index (χ2n) is 7.70. The van der Waals surface area contributed by atoms with Crippen LogP contribution in [-0.4, -0.2) is 22.7 Å². The van der Waals surface area contributed by atoms with E-state index in [-0.39, 0.29) is 52.5 Å². The second kappa shape index (κ2) is 6.62. The van der Waals surface area contributed by atoms with Gasteiger partial charge < -0.3 is 4.74 Å². The molecule has 0 radical (unpaired) electrons. The van der Waals surface area contributed by atoms with Crippen LogP contribution in [0.2, 0.25) is 0 Å². The molecule has 4 atom stereocenters. The van der Waals surface area contributed by atoms with E-state index >= 15 is 0 Å². The molecule has 5 rings (SSSR count). The second-order valence-corrected chi connectivity index (χ2v) is 7.70. The van der Waals surface area contributed by atoms with Crippen molar-refractivity contribution in [1.82, 2.24) is 0 Å². The van der Waals surface area contributed by atoms with E-state index in [1.165, 1.54) is 41.3 Å². The zero-order valence-corrected chi connectivity index (χ0v) is 15.6. The van der Waals surface area contributed by atoms with Crippen molar-refractivity contribution in [3.05, 3.63) is 76.4 Å². The number of benzene rings is 2.